The molecule has 0 aromatic carbocycles. The van der Waals surface area contributed by atoms with E-state index in [4.69, 9.17) is 0 Å². The number of aliphatic hydroxyl groups excluding tert-OH is 1. The summed E-state index contributed by atoms with van der Waals surface area (Å²) in [5, 5.41) is 9.58. The molecule has 1 heterocycles. The Morgan fingerprint density at radius 3 is 2.80 bits per heavy atom. The topological polar surface area (TPSA) is 26.7 Å². The van der Waals surface area contributed by atoms with Crippen LogP contribution in [0.2, 0.25) is 0 Å². The van der Waals surface area contributed by atoms with Gasteiger partial charge in [0.15, 0.2) is 0 Å². The van der Waals surface area contributed by atoms with Gasteiger partial charge < -0.3 is 14.9 Å². The molecule has 3 heteroatoms. The number of β-amino-alcohol motifs (C(OH)–C–C–N with tert-alkyl or cyclic N) is 1. The Morgan fingerprint density at radius 1 is 1.47 bits per heavy atom. The second kappa shape index (κ2) is 6.46. The highest BCUT2D eigenvalue weighted by atomic mass is 16.3. The van der Waals surface area contributed by atoms with E-state index in [9.17, 15) is 5.11 Å². The van der Waals surface area contributed by atoms with E-state index < -0.39 is 0 Å². The summed E-state index contributed by atoms with van der Waals surface area (Å²) in [5.41, 5.74) is 0. The highest BCUT2D eigenvalue weighted by molar-refractivity contribution is 4.78. The molecule has 1 N–H and O–H groups in total. The molecule has 1 aliphatic rings. The van der Waals surface area contributed by atoms with Crippen LogP contribution < -0.4 is 0 Å². The zero-order valence-electron chi connectivity index (χ0n) is 10.4. The van der Waals surface area contributed by atoms with Gasteiger partial charge >= 0.3 is 0 Å². The Labute approximate surface area is 94.1 Å². The number of hydrogen-bond donors (Lipinski definition) is 1. The molecule has 2 atom stereocenters. The van der Waals surface area contributed by atoms with Gasteiger partial charge in [-0.25, -0.2) is 0 Å². The van der Waals surface area contributed by atoms with Crippen molar-refractivity contribution < 1.29 is 5.11 Å². The summed E-state index contributed by atoms with van der Waals surface area (Å²) >= 11 is 0. The van der Waals surface area contributed by atoms with E-state index in [0.29, 0.717) is 0 Å². The van der Waals surface area contributed by atoms with Crippen LogP contribution in [0, 0.1) is 5.92 Å². The summed E-state index contributed by atoms with van der Waals surface area (Å²) in [7, 11) is 2.18. The number of hydrogen-bond acceptors (Lipinski definition) is 3. The predicted molar refractivity (Wildman–Crippen MR) is 64.0 cm³/mol. The first kappa shape index (κ1) is 12.9. The minimum absolute atomic E-state index is 0.132. The van der Waals surface area contributed by atoms with Crippen LogP contribution in [0.3, 0.4) is 0 Å². The van der Waals surface area contributed by atoms with Gasteiger partial charge in [-0.15, -0.1) is 0 Å². The van der Waals surface area contributed by atoms with E-state index in [1.165, 1.54) is 26.1 Å². The van der Waals surface area contributed by atoms with Gasteiger partial charge in [0, 0.05) is 19.6 Å². The standard InChI is InChI=1S/C12H26N2O/c1-4-12(15)10-14-7-6-11(9-14)8-13(3)5-2/h11-12,15H,4-10H2,1-3H3/t11?,12-/m1/s1. The maximum absolute atomic E-state index is 9.58. The monoisotopic (exact) mass is 214 g/mol. The normalized spacial score (nSPS) is 25.0. The van der Waals surface area contributed by atoms with Crippen molar-refractivity contribution in [3.05, 3.63) is 0 Å². The Morgan fingerprint density at radius 2 is 2.20 bits per heavy atom. The van der Waals surface area contributed by atoms with Crippen molar-refractivity contribution in [1.82, 2.24) is 9.80 Å². The minimum Gasteiger partial charge on any atom is -0.392 e. The molecule has 1 saturated heterocycles. The van der Waals surface area contributed by atoms with Crippen LogP contribution in [-0.4, -0.2) is 60.8 Å². The summed E-state index contributed by atoms with van der Waals surface area (Å²) < 4.78 is 0. The van der Waals surface area contributed by atoms with E-state index in [-0.39, 0.29) is 6.10 Å². The lowest BCUT2D eigenvalue weighted by Crippen LogP contribution is -2.32. The van der Waals surface area contributed by atoms with Crippen molar-refractivity contribution >= 4 is 0 Å². The van der Waals surface area contributed by atoms with Gasteiger partial charge in [0.2, 0.25) is 0 Å². The van der Waals surface area contributed by atoms with Gasteiger partial charge in [-0.05, 0) is 38.9 Å². The van der Waals surface area contributed by atoms with Crippen molar-refractivity contribution in [3.63, 3.8) is 0 Å². The highest BCUT2D eigenvalue weighted by Crippen LogP contribution is 2.17. The third-order valence-electron chi connectivity index (χ3n) is 3.42. The fourth-order valence-corrected chi connectivity index (χ4v) is 2.22. The Bertz CT molecular complexity index is 157. The Balaban J connectivity index is 2.20. The lowest BCUT2D eigenvalue weighted by Gasteiger charge is -2.21. The largest absolute Gasteiger partial charge is 0.392 e. The number of aliphatic hydroxyl groups is 1. The van der Waals surface area contributed by atoms with Crippen LogP contribution in [0.25, 0.3) is 0 Å². The third kappa shape index (κ3) is 4.49. The van der Waals surface area contributed by atoms with Crippen molar-refractivity contribution in [3.8, 4) is 0 Å². The number of likely N-dealkylation sites (tertiary alicyclic amines) is 1. The Hall–Kier alpha value is -0.120. The molecule has 0 saturated carbocycles. The van der Waals surface area contributed by atoms with Crippen molar-refractivity contribution in [2.75, 3.05) is 39.8 Å². The smallest absolute Gasteiger partial charge is 0.0664 e. The van der Waals surface area contributed by atoms with Gasteiger partial charge in [-0.2, -0.15) is 0 Å². The first-order valence-electron chi connectivity index (χ1n) is 6.24. The molecule has 0 aromatic rings. The summed E-state index contributed by atoms with van der Waals surface area (Å²) in [5.74, 6) is 0.805. The zero-order chi connectivity index (χ0) is 11.3. The fraction of sp³-hybridized carbons (Fsp3) is 1.00. The molecule has 0 amide bonds. The lowest BCUT2D eigenvalue weighted by molar-refractivity contribution is 0.118. The van der Waals surface area contributed by atoms with Crippen LogP contribution >= 0.6 is 0 Å². The van der Waals surface area contributed by atoms with Crippen LogP contribution in [0.5, 0.6) is 0 Å². The molecule has 3 nitrogen and oxygen atoms in total. The molecule has 15 heavy (non-hydrogen) atoms. The van der Waals surface area contributed by atoms with Crippen LogP contribution in [-0.2, 0) is 0 Å². The fourth-order valence-electron chi connectivity index (χ4n) is 2.22. The summed E-state index contributed by atoms with van der Waals surface area (Å²) in [6, 6.07) is 0. The molecule has 0 radical (unpaired) electrons. The van der Waals surface area contributed by atoms with E-state index in [1.807, 2.05) is 6.92 Å². The minimum atomic E-state index is -0.132. The molecule has 1 unspecified atom stereocenters. The molecule has 0 aromatic heterocycles. The average molecular weight is 214 g/mol. The van der Waals surface area contributed by atoms with E-state index in [2.05, 4.69) is 23.8 Å². The molecule has 0 bridgehead atoms. The third-order valence-corrected chi connectivity index (χ3v) is 3.42. The zero-order valence-corrected chi connectivity index (χ0v) is 10.4. The molecule has 1 aliphatic heterocycles. The first-order valence-corrected chi connectivity index (χ1v) is 6.24. The first-order chi connectivity index (χ1) is 7.15. The highest BCUT2D eigenvalue weighted by Gasteiger charge is 2.24. The molecule has 1 rings (SSSR count). The Kier molecular flexibility index (Phi) is 5.58. The lowest BCUT2D eigenvalue weighted by atomic mass is 10.1. The summed E-state index contributed by atoms with van der Waals surface area (Å²) in [6.45, 7) is 9.78. The maximum atomic E-state index is 9.58. The number of rotatable bonds is 6. The van der Waals surface area contributed by atoms with Gasteiger partial charge in [0.1, 0.15) is 0 Å². The van der Waals surface area contributed by atoms with Crippen LogP contribution in [0.15, 0.2) is 0 Å². The van der Waals surface area contributed by atoms with Crippen molar-refractivity contribution in [2.45, 2.75) is 32.8 Å². The summed E-state index contributed by atoms with van der Waals surface area (Å²) in [4.78, 5) is 4.78. The van der Waals surface area contributed by atoms with Crippen molar-refractivity contribution in [2.24, 2.45) is 5.92 Å². The van der Waals surface area contributed by atoms with E-state index in [1.54, 1.807) is 0 Å². The molecule has 1 fully saturated rings. The van der Waals surface area contributed by atoms with Crippen LogP contribution in [0.4, 0.5) is 0 Å². The molecule has 0 spiro atoms. The molecular formula is C12H26N2O. The second-order valence-corrected chi connectivity index (χ2v) is 4.83. The molecule has 90 valence electrons. The van der Waals surface area contributed by atoms with Gasteiger partial charge in [0.25, 0.3) is 0 Å². The maximum Gasteiger partial charge on any atom is 0.0664 e. The number of nitrogens with zero attached hydrogens (tertiary/aromatic N) is 2. The van der Waals surface area contributed by atoms with Gasteiger partial charge in [0.05, 0.1) is 6.10 Å². The van der Waals surface area contributed by atoms with E-state index >= 15 is 0 Å². The predicted octanol–water partition coefficient (Wildman–Crippen LogP) is 1.03. The van der Waals surface area contributed by atoms with Gasteiger partial charge in [-0.3, -0.25) is 0 Å². The molecular weight excluding hydrogens is 188 g/mol. The SMILES string of the molecule is CC[C@@H](O)CN1CCC(CN(C)CC)C1. The van der Waals surface area contributed by atoms with Crippen LogP contribution in [0.1, 0.15) is 26.7 Å². The average Bonchev–Trinajstić information content (AvgIpc) is 2.65. The quantitative estimate of drug-likeness (QED) is 0.715. The molecule has 0 aliphatic carbocycles. The summed E-state index contributed by atoms with van der Waals surface area (Å²) in [6.07, 6.45) is 2.03. The van der Waals surface area contributed by atoms with E-state index in [0.717, 1.165) is 25.4 Å². The van der Waals surface area contributed by atoms with Crippen molar-refractivity contribution in [1.29, 1.82) is 0 Å². The van der Waals surface area contributed by atoms with Gasteiger partial charge in [-0.1, -0.05) is 13.8 Å². The second-order valence-electron chi connectivity index (χ2n) is 4.83.